The molecule has 1 aliphatic carbocycles. The fourth-order valence-corrected chi connectivity index (χ4v) is 2.88. The summed E-state index contributed by atoms with van der Waals surface area (Å²) in [5, 5.41) is 13.0. The molecule has 2 N–H and O–H groups in total. The van der Waals surface area contributed by atoms with Crippen LogP contribution in [0.3, 0.4) is 0 Å². The van der Waals surface area contributed by atoms with Gasteiger partial charge in [0.2, 0.25) is 0 Å². The SMILES string of the molecule is CC1CCC(C2CNCC2O)CC1. The Morgan fingerprint density at radius 2 is 1.77 bits per heavy atom. The summed E-state index contributed by atoms with van der Waals surface area (Å²) >= 11 is 0. The lowest BCUT2D eigenvalue weighted by molar-refractivity contribution is 0.0901. The molecule has 2 aliphatic rings. The summed E-state index contributed by atoms with van der Waals surface area (Å²) in [7, 11) is 0. The molecule has 2 fully saturated rings. The second kappa shape index (κ2) is 3.97. The molecule has 1 saturated heterocycles. The van der Waals surface area contributed by atoms with Crippen LogP contribution in [0.5, 0.6) is 0 Å². The molecule has 0 radical (unpaired) electrons. The summed E-state index contributed by atoms with van der Waals surface area (Å²) in [6.45, 7) is 4.20. The Morgan fingerprint density at radius 1 is 1.08 bits per heavy atom. The molecule has 0 aromatic heterocycles. The van der Waals surface area contributed by atoms with Gasteiger partial charge in [0.15, 0.2) is 0 Å². The van der Waals surface area contributed by atoms with Crippen molar-refractivity contribution in [3.63, 3.8) is 0 Å². The van der Waals surface area contributed by atoms with Gasteiger partial charge in [0.1, 0.15) is 0 Å². The number of β-amino-alcohol motifs (C(OH)–C–C–N with tert-alkyl or cyclic N) is 1. The third kappa shape index (κ3) is 2.05. The Hall–Kier alpha value is -0.0800. The first-order chi connectivity index (χ1) is 6.27. The third-order valence-corrected chi connectivity index (χ3v) is 3.89. The first-order valence-electron chi connectivity index (χ1n) is 5.66. The monoisotopic (exact) mass is 183 g/mol. The molecule has 1 heterocycles. The van der Waals surface area contributed by atoms with Crippen molar-refractivity contribution in [1.29, 1.82) is 0 Å². The van der Waals surface area contributed by atoms with E-state index in [1.807, 2.05) is 0 Å². The van der Waals surface area contributed by atoms with Gasteiger partial charge in [-0.05, 0) is 24.7 Å². The van der Waals surface area contributed by atoms with Crippen LogP contribution in [0.2, 0.25) is 0 Å². The zero-order chi connectivity index (χ0) is 9.26. The van der Waals surface area contributed by atoms with Gasteiger partial charge < -0.3 is 10.4 Å². The highest BCUT2D eigenvalue weighted by atomic mass is 16.3. The molecule has 2 atom stereocenters. The highest BCUT2D eigenvalue weighted by Crippen LogP contribution is 2.35. The number of aliphatic hydroxyl groups is 1. The van der Waals surface area contributed by atoms with E-state index in [2.05, 4.69) is 12.2 Å². The molecule has 0 bridgehead atoms. The minimum atomic E-state index is -0.0709. The van der Waals surface area contributed by atoms with Crippen molar-refractivity contribution >= 4 is 0 Å². The fourth-order valence-electron chi connectivity index (χ4n) is 2.88. The van der Waals surface area contributed by atoms with E-state index in [-0.39, 0.29) is 6.10 Å². The average molecular weight is 183 g/mol. The van der Waals surface area contributed by atoms with E-state index >= 15 is 0 Å². The lowest BCUT2D eigenvalue weighted by Gasteiger charge is -2.31. The van der Waals surface area contributed by atoms with Gasteiger partial charge in [-0.3, -0.25) is 0 Å². The van der Waals surface area contributed by atoms with Crippen LogP contribution in [-0.4, -0.2) is 24.3 Å². The van der Waals surface area contributed by atoms with Gasteiger partial charge in [0.05, 0.1) is 6.10 Å². The Morgan fingerprint density at radius 3 is 2.31 bits per heavy atom. The van der Waals surface area contributed by atoms with Crippen LogP contribution in [0.1, 0.15) is 32.6 Å². The topological polar surface area (TPSA) is 32.3 Å². The van der Waals surface area contributed by atoms with Crippen LogP contribution in [0.25, 0.3) is 0 Å². The molecule has 0 spiro atoms. The molecular formula is C11H21NO. The van der Waals surface area contributed by atoms with Crippen molar-refractivity contribution < 1.29 is 5.11 Å². The molecule has 1 aliphatic heterocycles. The van der Waals surface area contributed by atoms with Gasteiger partial charge in [0, 0.05) is 19.0 Å². The average Bonchev–Trinajstić information content (AvgIpc) is 2.53. The number of hydrogen-bond donors (Lipinski definition) is 2. The summed E-state index contributed by atoms with van der Waals surface area (Å²) in [4.78, 5) is 0. The number of aliphatic hydroxyl groups excluding tert-OH is 1. The quantitative estimate of drug-likeness (QED) is 0.644. The largest absolute Gasteiger partial charge is 0.391 e. The Balaban J connectivity index is 1.86. The van der Waals surface area contributed by atoms with E-state index in [4.69, 9.17) is 0 Å². The van der Waals surface area contributed by atoms with Gasteiger partial charge >= 0.3 is 0 Å². The van der Waals surface area contributed by atoms with Crippen LogP contribution < -0.4 is 5.32 Å². The van der Waals surface area contributed by atoms with Gasteiger partial charge in [-0.1, -0.05) is 19.8 Å². The maximum Gasteiger partial charge on any atom is 0.0707 e. The molecule has 76 valence electrons. The molecule has 2 unspecified atom stereocenters. The lowest BCUT2D eigenvalue weighted by atomic mass is 9.75. The first kappa shape index (κ1) is 9.47. The maximum atomic E-state index is 9.74. The normalized spacial score (nSPS) is 46.6. The predicted molar refractivity (Wildman–Crippen MR) is 53.5 cm³/mol. The molecule has 2 rings (SSSR count). The Labute approximate surface area is 80.7 Å². The van der Waals surface area contributed by atoms with Crippen LogP contribution in [-0.2, 0) is 0 Å². The molecule has 0 aromatic carbocycles. The smallest absolute Gasteiger partial charge is 0.0707 e. The minimum Gasteiger partial charge on any atom is -0.391 e. The number of nitrogens with one attached hydrogen (secondary N) is 1. The molecule has 13 heavy (non-hydrogen) atoms. The molecule has 0 aromatic rings. The maximum absolute atomic E-state index is 9.74. The Bertz CT molecular complexity index is 163. The van der Waals surface area contributed by atoms with Gasteiger partial charge in [-0.2, -0.15) is 0 Å². The molecule has 2 heteroatoms. The van der Waals surface area contributed by atoms with E-state index in [0.717, 1.165) is 24.9 Å². The van der Waals surface area contributed by atoms with Crippen molar-refractivity contribution in [3.05, 3.63) is 0 Å². The van der Waals surface area contributed by atoms with E-state index in [1.54, 1.807) is 0 Å². The van der Waals surface area contributed by atoms with E-state index in [9.17, 15) is 5.11 Å². The van der Waals surface area contributed by atoms with Gasteiger partial charge in [-0.25, -0.2) is 0 Å². The zero-order valence-corrected chi connectivity index (χ0v) is 8.50. The summed E-state index contributed by atoms with van der Waals surface area (Å²) in [5.41, 5.74) is 0. The highest BCUT2D eigenvalue weighted by Gasteiger charge is 2.33. The molecular weight excluding hydrogens is 162 g/mol. The summed E-state index contributed by atoms with van der Waals surface area (Å²) < 4.78 is 0. The predicted octanol–water partition coefficient (Wildman–Crippen LogP) is 1.39. The van der Waals surface area contributed by atoms with Gasteiger partial charge in [0.25, 0.3) is 0 Å². The summed E-state index contributed by atoms with van der Waals surface area (Å²) in [6.07, 6.45) is 5.34. The van der Waals surface area contributed by atoms with Crippen molar-refractivity contribution in [1.82, 2.24) is 5.32 Å². The zero-order valence-electron chi connectivity index (χ0n) is 8.50. The number of hydrogen-bond acceptors (Lipinski definition) is 2. The van der Waals surface area contributed by atoms with Crippen LogP contribution in [0.4, 0.5) is 0 Å². The van der Waals surface area contributed by atoms with Crippen LogP contribution in [0.15, 0.2) is 0 Å². The minimum absolute atomic E-state index is 0.0709. The standard InChI is InChI=1S/C11H21NO/c1-8-2-4-9(5-3-8)10-6-12-7-11(10)13/h8-13H,2-7H2,1H3. The lowest BCUT2D eigenvalue weighted by Crippen LogP contribution is -2.29. The van der Waals surface area contributed by atoms with Crippen molar-refractivity contribution in [2.45, 2.75) is 38.7 Å². The van der Waals surface area contributed by atoms with Gasteiger partial charge in [-0.15, -0.1) is 0 Å². The third-order valence-electron chi connectivity index (χ3n) is 3.89. The van der Waals surface area contributed by atoms with Crippen molar-refractivity contribution in [3.8, 4) is 0 Å². The van der Waals surface area contributed by atoms with Crippen LogP contribution >= 0.6 is 0 Å². The van der Waals surface area contributed by atoms with Crippen molar-refractivity contribution in [2.75, 3.05) is 13.1 Å². The summed E-state index contributed by atoms with van der Waals surface area (Å²) in [6, 6.07) is 0. The van der Waals surface area contributed by atoms with E-state index in [0.29, 0.717) is 5.92 Å². The number of rotatable bonds is 1. The summed E-state index contributed by atoms with van der Waals surface area (Å²) in [5.74, 6) is 2.26. The van der Waals surface area contributed by atoms with E-state index in [1.165, 1.54) is 25.7 Å². The second-order valence-corrected chi connectivity index (χ2v) is 4.91. The fraction of sp³-hybridized carbons (Fsp3) is 1.00. The Kier molecular flexibility index (Phi) is 2.89. The van der Waals surface area contributed by atoms with Crippen LogP contribution in [0, 0.1) is 17.8 Å². The second-order valence-electron chi connectivity index (χ2n) is 4.91. The van der Waals surface area contributed by atoms with E-state index < -0.39 is 0 Å². The molecule has 1 saturated carbocycles. The molecule has 0 amide bonds. The highest BCUT2D eigenvalue weighted by molar-refractivity contribution is 4.87. The molecule has 2 nitrogen and oxygen atoms in total. The van der Waals surface area contributed by atoms with Crippen molar-refractivity contribution in [2.24, 2.45) is 17.8 Å². The first-order valence-corrected chi connectivity index (χ1v) is 5.66.